The summed E-state index contributed by atoms with van der Waals surface area (Å²) in [5.41, 5.74) is -0.241. The molecule has 1 aromatic carbocycles. The summed E-state index contributed by atoms with van der Waals surface area (Å²) in [5.74, 6) is -0.859. The van der Waals surface area contributed by atoms with E-state index in [0.29, 0.717) is 6.42 Å². The second-order valence-electron chi connectivity index (χ2n) is 3.96. The normalized spacial score (nSPS) is 11.9. The molecule has 7 heteroatoms. The van der Waals surface area contributed by atoms with Gasteiger partial charge < -0.3 is 9.84 Å². The van der Waals surface area contributed by atoms with E-state index in [9.17, 15) is 14.9 Å². The van der Waals surface area contributed by atoms with Crippen LogP contribution >= 0.6 is 11.6 Å². The van der Waals surface area contributed by atoms with E-state index in [0.717, 1.165) is 12.8 Å². The van der Waals surface area contributed by atoms with Gasteiger partial charge in [0, 0.05) is 12.1 Å². The van der Waals surface area contributed by atoms with Gasteiger partial charge in [-0.15, -0.1) is 0 Å². The molecule has 0 radical (unpaired) electrons. The highest BCUT2D eigenvalue weighted by atomic mass is 35.5. The fraction of sp³-hybridized carbons (Fsp3) is 0.417. The molecule has 0 aliphatic rings. The number of rotatable bonds is 7. The monoisotopic (exact) mass is 287 g/mol. The molecular weight excluding hydrogens is 274 g/mol. The first-order valence-electron chi connectivity index (χ1n) is 5.79. The number of hydrogen-bond donors (Lipinski definition) is 1. The summed E-state index contributed by atoms with van der Waals surface area (Å²) in [6.45, 7) is 1.95. The fourth-order valence-electron chi connectivity index (χ4n) is 1.50. The Morgan fingerprint density at radius 1 is 1.58 bits per heavy atom. The molecule has 104 valence electrons. The number of ether oxygens (including phenoxy) is 1. The SMILES string of the molecule is CCCCC(Oc1ccc([N+](=O)[O-])c(Cl)c1)C(=O)O. The lowest BCUT2D eigenvalue weighted by Gasteiger charge is -2.14. The smallest absolute Gasteiger partial charge is 0.344 e. The third-order valence-corrected chi connectivity index (χ3v) is 2.79. The van der Waals surface area contributed by atoms with Crippen molar-refractivity contribution in [2.75, 3.05) is 0 Å². The number of nitro groups is 1. The number of halogens is 1. The van der Waals surface area contributed by atoms with Crippen LogP contribution in [0, 0.1) is 10.1 Å². The van der Waals surface area contributed by atoms with Gasteiger partial charge in [0.05, 0.1) is 4.92 Å². The molecule has 0 heterocycles. The summed E-state index contributed by atoms with van der Waals surface area (Å²) in [4.78, 5) is 21.0. The Morgan fingerprint density at radius 2 is 2.26 bits per heavy atom. The van der Waals surface area contributed by atoms with E-state index >= 15 is 0 Å². The first-order chi connectivity index (χ1) is 8.95. The van der Waals surface area contributed by atoms with Crippen molar-refractivity contribution < 1.29 is 19.6 Å². The van der Waals surface area contributed by atoms with Gasteiger partial charge in [0.2, 0.25) is 0 Å². The first-order valence-corrected chi connectivity index (χ1v) is 6.17. The van der Waals surface area contributed by atoms with E-state index < -0.39 is 17.0 Å². The number of hydrogen-bond acceptors (Lipinski definition) is 4. The quantitative estimate of drug-likeness (QED) is 0.614. The third-order valence-electron chi connectivity index (χ3n) is 2.49. The van der Waals surface area contributed by atoms with Crippen LogP contribution in [0.25, 0.3) is 0 Å². The molecule has 0 saturated heterocycles. The highest BCUT2D eigenvalue weighted by Gasteiger charge is 2.20. The van der Waals surface area contributed by atoms with Crippen LogP contribution in [0.5, 0.6) is 5.75 Å². The molecule has 0 fully saturated rings. The third kappa shape index (κ3) is 4.40. The Morgan fingerprint density at radius 3 is 2.74 bits per heavy atom. The lowest BCUT2D eigenvalue weighted by molar-refractivity contribution is -0.384. The van der Waals surface area contributed by atoms with Crippen LogP contribution in [-0.4, -0.2) is 22.1 Å². The second-order valence-corrected chi connectivity index (χ2v) is 4.36. The average molecular weight is 288 g/mol. The lowest BCUT2D eigenvalue weighted by atomic mass is 10.1. The zero-order valence-electron chi connectivity index (χ0n) is 10.3. The van der Waals surface area contributed by atoms with Crippen molar-refractivity contribution in [1.82, 2.24) is 0 Å². The van der Waals surface area contributed by atoms with Gasteiger partial charge in [-0.25, -0.2) is 4.79 Å². The Kier molecular flexibility index (Phi) is 5.57. The Balaban J connectivity index is 2.82. The number of benzene rings is 1. The van der Waals surface area contributed by atoms with Gasteiger partial charge >= 0.3 is 5.97 Å². The number of nitrogens with zero attached hydrogens (tertiary/aromatic N) is 1. The van der Waals surface area contributed by atoms with Crippen LogP contribution in [0.15, 0.2) is 18.2 Å². The number of aliphatic carboxylic acids is 1. The zero-order valence-corrected chi connectivity index (χ0v) is 11.1. The summed E-state index contributed by atoms with van der Waals surface area (Å²) in [5, 5.41) is 19.5. The van der Waals surface area contributed by atoms with Gasteiger partial charge in [-0.1, -0.05) is 24.9 Å². The fourth-order valence-corrected chi connectivity index (χ4v) is 1.74. The minimum atomic E-state index is -1.07. The van der Waals surface area contributed by atoms with Gasteiger partial charge in [0.1, 0.15) is 10.8 Å². The number of carboxylic acid groups (broad SMARTS) is 1. The number of carboxylic acids is 1. The minimum Gasteiger partial charge on any atom is -0.479 e. The molecule has 1 unspecified atom stereocenters. The van der Waals surface area contributed by atoms with E-state index in [1.807, 2.05) is 6.92 Å². The molecule has 0 saturated carbocycles. The lowest BCUT2D eigenvalue weighted by Crippen LogP contribution is -2.26. The van der Waals surface area contributed by atoms with Gasteiger partial charge in [-0.05, 0) is 18.9 Å². The summed E-state index contributed by atoms with van der Waals surface area (Å²) in [7, 11) is 0. The largest absolute Gasteiger partial charge is 0.479 e. The standard InChI is InChI=1S/C12H14ClNO5/c1-2-3-4-11(12(15)16)19-8-5-6-10(14(17)18)9(13)7-8/h5-7,11H,2-4H2,1H3,(H,15,16). The van der Waals surface area contributed by atoms with Crippen LogP contribution in [0.2, 0.25) is 5.02 Å². The molecule has 0 aromatic heterocycles. The van der Waals surface area contributed by atoms with Crippen LogP contribution in [0.4, 0.5) is 5.69 Å². The molecule has 1 rings (SSSR count). The molecule has 1 atom stereocenters. The molecule has 0 spiro atoms. The van der Waals surface area contributed by atoms with Gasteiger partial charge in [-0.2, -0.15) is 0 Å². The molecule has 6 nitrogen and oxygen atoms in total. The van der Waals surface area contributed by atoms with Crippen molar-refractivity contribution >= 4 is 23.3 Å². The molecule has 1 aromatic rings. The summed E-state index contributed by atoms with van der Waals surface area (Å²) < 4.78 is 5.29. The predicted octanol–water partition coefficient (Wildman–Crippen LogP) is 3.27. The van der Waals surface area contributed by atoms with Crippen LogP contribution in [0.1, 0.15) is 26.2 Å². The summed E-state index contributed by atoms with van der Waals surface area (Å²) in [6, 6.07) is 3.78. The maximum absolute atomic E-state index is 11.0. The van der Waals surface area contributed by atoms with Crippen LogP contribution < -0.4 is 4.74 Å². The maximum Gasteiger partial charge on any atom is 0.344 e. The van der Waals surface area contributed by atoms with Crippen LogP contribution in [0.3, 0.4) is 0 Å². The molecule has 0 aliphatic carbocycles. The minimum absolute atomic E-state index is 0.0814. The first kappa shape index (κ1) is 15.2. The topological polar surface area (TPSA) is 89.7 Å². The molecule has 0 amide bonds. The molecule has 19 heavy (non-hydrogen) atoms. The highest BCUT2D eigenvalue weighted by Crippen LogP contribution is 2.29. The van der Waals surface area contributed by atoms with Gasteiger partial charge in [0.15, 0.2) is 6.10 Å². The van der Waals surface area contributed by atoms with E-state index in [2.05, 4.69) is 0 Å². The van der Waals surface area contributed by atoms with Crippen molar-refractivity contribution in [3.8, 4) is 5.75 Å². The summed E-state index contributed by atoms with van der Waals surface area (Å²) in [6.07, 6.45) is 0.976. The van der Waals surface area contributed by atoms with E-state index in [1.54, 1.807) is 0 Å². The van der Waals surface area contributed by atoms with Gasteiger partial charge in [0.25, 0.3) is 5.69 Å². The molecule has 0 bridgehead atoms. The molecule has 0 aliphatic heterocycles. The van der Waals surface area contributed by atoms with Crippen molar-refractivity contribution in [3.63, 3.8) is 0 Å². The highest BCUT2D eigenvalue weighted by molar-refractivity contribution is 6.32. The van der Waals surface area contributed by atoms with Crippen molar-refractivity contribution in [2.24, 2.45) is 0 Å². The summed E-state index contributed by atoms with van der Waals surface area (Å²) >= 11 is 5.72. The van der Waals surface area contributed by atoms with E-state index in [-0.39, 0.29) is 16.5 Å². The molecular formula is C12H14ClNO5. The van der Waals surface area contributed by atoms with Crippen molar-refractivity contribution in [1.29, 1.82) is 0 Å². The van der Waals surface area contributed by atoms with E-state index in [1.165, 1.54) is 18.2 Å². The number of unbranched alkanes of at least 4 members (excludes halogenated alkanes) is 1. The van der Waals surface area contributed by atoms with Gasteiger partial charge in [-0.3, -0.25) is 10.1 Å². The van der Waals surface area contributed by atoms with Crippen molar-refractivity contribution in [2.45, 2.75) is 32.3 Å². The Labute approximate surface area is 115 Å². The zero-order chi connectivity index (χ0) is 14.4. The van der Waals surface area contributed by atoms with Crippen molar-refractivity contribution in [3.05, 3.63) is 33.3 Å². The average Bonchev–Trinajstić information content (AvgIpc) is 2.33. The second kappa shape index (κ2) is 6.94. The number of nitro benzene ring substituents is 1. The van der Waals surface area contributed by atoms with Crippen LogP contribution in [-0.2, 0) is 4.79 Å². The number of carbonyl (C=O) groups is 1. The van der Waals surface area contributed by atoms with E-state index in [4.69, 9.17) is 21.4 Å². The molecule has 1 N–H and O–H groups in total. The Hall–Kier alpha value is -1.82. The maximum atomic E-state index is 11.0. The Bertz CT molecular complexity index is 477. The predicted molar refractivity (Wildman–Crippen MR) is 69.7 cm³/mol.